The smallest absolute Gasteiger partial charge is 0.338 e. The summed E-state index contributed by atoms with van der Waals surface area (Å²) in [7, 11) is 0. The van der Waals surface area contributed by atoms with Crippen LogP contribution in [0.4, 0.5) is 0 Å². The number of carbonyl (C=O) groups excluding carboxylic acids is 1. The molecule has 6 heteroatoms. The fourth-order valence-corrected chi connectivity index (χ4v) is 1.52. The first-order chi connectivity index (χ1) is 10.2. The third-order valence-corrected chi connectivity index (χ3v) is 2.49. The Labute approximate surface area is 130 Å². The molecule has 0 atom stereocenters. The van der Waals surface area contributed by atoms with Crippen molar-refractivity contribution in [3.8, 4) is 0 Å². The lowest BCUT2D eigenvalue weighted by atomic mass is 10.1. The Bertz CT molecular complexity index is 569. The number of rotatable bonds is 4. The van der Waals surface area contributed by atoms with Crippen LogP contribution in [0.15, 0.2) is 34.5 Å². The molecule has 0 aliphatic rings. The van der Waals surface area contributed by atoms with E-state index in [0.717, 1.165) is 5.56 Å². The fraction of sp³-hybridized carbons (Fsp3) is 0.438. The molecule has 0 N–H and O–H groups in total. The average Bonchev–Trinajstić information content (AvgIpc) is 2.43. The normalized spacial score (nSPS) is 13.0. The Kier molecular flexibility index (Phi) is 6.10. The van der Waals surface area contributed by atoms with E-state index in [9.17, 15) is 9.90 Å². The highest BCUT2D eigenvalue weighted by molar-refractivity contribution is 5.99. The van der Waals surface area contributed by atoms with Gasteiger partial charge >= 0.3 is 5.97 Å². The zero-order valence-corrected chi connectivity index (χ0v) is 13.5. The molecule has 0 bridgehead atoms. The molecule has 1 aromatic rings. The van der Waals surface area contributed by atoms with Gasteiger partial charge in [0.15, 0.2) is 6.08 Å². The van der Waals surface area contributed by atoms with Crippen LogP contribution in [0.1, 0.15) is 50.5 Å². The predicted octanol–water partition coefficient (Wildman–Crippen LogP) is 2.12. The molecule has 6 nitrogen and oxygen atoms in total. The maximum absolute atomic E-state index is 11.5. The summed E-state index contributed by atoms with van der Waals surface area (Å²) >= 11 is 0. The first-order valence-electron chi connectivity index (χ1n) is 6.98. The molecule has 0 aromatic heterocycles. The van der Waals surface area contributed by atoms with Crippen LogP contribution in [0, 0.1) is 0 Å². The molecule has 1 aromatic carbocycles. The quantitative estimate of drug-likeness (QED) is 0.369. The second kappa shape index (κ2) is 7.59. The highest BCUT2D eigenvalue weighted by Crippen LogP contribution is 2.09. The minimum absolute atomic E-state index is 0.329. The van der Waals surface area contributed by atoms with E-state index in [2.05, 4.69) is 10.2 Å². The van der Waals surface area contributed by atoms with Crippen LogP contribution in [-0.2, 0) is 9.47 Å². The van der Waals surface area contributed by atoms with Crippen LogP contribution in [0.2, 0.25) is 0 Å². The molecule has 0 amide bonds. The van der Waals surface area contributed by atoms with Crippen molar-refractivity contribution < 1.29 is 19.4 Å². The van der Waals surface area contributed by atoms with E-state index in [0.29, 0.717) is 17.9 Å². The summed E-state index contributed by atoms with van der Waals surface area (Å²) in [4.78, 5) is 11.5. The van der Waals surface area contributed by atoms with Crippen molar-refractivity contribution in [2.45, 2.75) is 40.2 Å². The predicted molar refractivity (Wildman–Crippen MR) is 82.9 cm³/mol. The molecule has 120 valence electrons. The Hall–Kier alpha value is -2.37. The molecule has 0 fully saturated rings. The maximum atomic E-state index is 11.5. The summed E-state index contributed by atoms with van der Waals surface area (Å²) in [6.07, 6.45) is -0.741. The van der Waals surface area contributed by atoms with Crippen molar-refractivity contribution >= 4 is 17.8 Å². The number of benzene rings is 1. The first kappa shape index (κ1) is 17.7. The van der Waals surface area contributed by atoms with Gasteiger partial charge in [-0.15, -0.1) is 5.10 Å². The van der Waals surface area contributed by atoms with E-state index < -0.39 is 11.7 Å². The van der Waals surface area contributed by atoms with Crippen LogP contribution in [-0.4, -0.2) is 30.0 Å². The molecule has 0 spiro atoms. The fourth-order valence-electron chi connectivity index (χ4n) is 1.52. The van der Waals surface area contributed by atoms with Gasteiger partial charge in [-0.1, -0.05) is 32.9 Å². The molecule has 0 radical (unpaired) electrons. The van der Waals surface area contributed by atoms with Gasteiger partial charge in [-0.2, -0.15) is 5.10 Å². The van der Waals surface area contributed by atoms with Gasteiger partial charge in [-0.05, 0) is 31.5 Å². The zero-order chi connectivity index (χ0) is 16.8. The van der Waals surface area contributed by atoms with Crippen LogP contribution in [0.3, 0.4) is 0 Å². The number of nitrogens with zero attached hydrogens (tertiary/aromatic N) is 2. The SMILES string of the molecule is CCOC(=O)c1ccc(C(C)=NN=C([O-])OC(C)(C)C)cc1. The lowest BCUT2D eigenvalue weighted by Crippen LogP contribution is -2.31. The largest absolute Gasteiger partial charge is 0.593 e. The topological polar surface area (TPSA) is 83.3 Å². The summed E-state index contributed by atoms with van der Waals surface area (Å²) in [6.45, 7) is 9.06. The molecule has 0 aliphatic heterocycles. The number of hydrogen-bond acceptors (Lipinski definition) is 6. The van der Waals surface area contributed by atoms with E-state index in [1.807, 2.05) is 0 Å². The van der Waals surface area contributed by atoms with E-state index >= 15 is 0 Å². The van der Waals surface area contributed by atoms with E-state index in [1.165, 1.54) is 0 Å². The lowest BCUT2D eigenvalue weighted by molar-refractivity contribution is -0.260. The number of ether oxygens (including phenoxy) is 2. The van der Waals surface area contributed by atoms with Gasteiger partial charge in [-0.25, -0.2) is 4.79 Å². The molecule has 0 saturated heterocycles. The minimum atomic E-state index is -0.741. The number of esters is 1. The van der Waals surface area contributed by atoms with Gasteiger partial charge in [0.1, 0.15) is 0 Å². The van der Waals surface area contributed by atoms with Crippen molar-refractivity contribution in [2.24, 2.45) is 10.2 Å². The molecule has 1 rings (SSSR count). The minimum Gasteiger partial charge on any atom is -0.593 e. The molecule has 22 heavy (non-hydrogen) atoms. The van der Waals surface area contributed by atoms with Crippen molar-refractivity contribution in [1.82, 2.24) is 0 Å². The van der Waals surface area contributed by atoms with Gasteiger partial charge in [0.05, 0.1) is 17.9 Å². The van der Waals surface area contributed by atoms with E-state index in [-0.39, 0.29) is 5.97 Å². The van der Waals surface area contributed by atoms with Gasteiger partial charge < -0.3 is 14.6 Å². The van der Waals surface area contributed by atoms with Crippen molar-refractivity contribution in [3.05, 3.63) is 35.4 Å². The molecule has 0 saturated carbocycles. The van der Waals surface area contributed by atoms with Gasteiger partial charge in [0.2, 0.25) is 0 Å². The Morgan fingerprint density at radius 1 is 1.14 bits per heavy atom. The Morgan fingerprint density at radius 2 is 1.68 bits per heavy atom. The van der Waals surface area contributed by atoms with Crippen molar-refractivity contribution in [1.29, 1.82) is 0 Å². The molecule has 0 aliphatic carbocycles. The van der Waals surface area contributed by atoms with Crippen molar-refractivity contribution in [3.63, 3.8) is 0 Å². The van der Waals surface area contributed by atoms with Gasteiger partial charge in [0, 0.05) is 5.60 Å². The van der Waals surface area contributed by atoms with Crippen LogP contribution < -0.4 is 5.11 Å². The van der Waals surface area contributed by atoms with E-state index in [1.54, 1.807) is 58.9 Å². The Morgan fingerprint density at radius 3 is 2.18 bits per heavy atom. The molecular weight excluding hydrogens is 284 g/mol. The first-order valence-corrected chi connectivity index (χ1v) is 6.98. The highest BCUT2D eigenvalue weighted by atomic mass is 16.6. The standard InChI is InChI=1S/C16H22N2O4/c1-6-21-14(19)13-9-7-12(8-10-13)11(2)17-18-15(20)22-16(3,4)5/h7-10H,6H2,1-5H3,(H,18,20)/p-1. The summed E-state index contributed by atoms with van der Waals surface area (Å²) in [5.41, 5.74) is 1.15. The van der Waals surface area contributed by atoms with Gasteiger partial charge in [-0.3, -0.25) is 0 Å². The second-order valence-corrected chi connectivity index (χ2v) is 5.56. The molecular formula is C16H21N2O4-. The number of hydrogen-bond donors (Lipinski definition) is 0. The van der Waals surface area contributed by atoms with Crippen molar-refractivity contribution in [2.75, 3.05) is 6.61 Å². The Balaban J connectivity index is 2.81. The summed E-state index contributed by atoms with van der Waals surface area (Å²) < 4.78 is 9.93. The summed E-state index contributed by atoms with van der Waals surface area (Å²) in [5.74, 6) is -0.373. The summed E-state index contributed by atoms with van der Waals surface area (Å²) in [5, 5.41) is 18.8. The molecule has 0 unspecified atom stereocenters. The third kappa shape index (κ3) is 5.95. The number of carbonyl (C=O) groups is 1. The van der Waals surface area contributed by atoms with E-state index in [4.69, 9.17) is 9.47 Å². The molecule has 0 heterocycles. The van der Waals surface area contributed by atoms with Gasteiger partial charge in [0.25, 0.3) is 0 Å². The maximum Gasteiger partial charge on any atom is 0.338 e. The highest BCUT2D eigenvalue weighted by Gasteiger charge is 2.07. The average molecular weight is 305 g/mol. The van der Waals surface area contributed by atoms with Crippen LogP contribution >= 0.6 is 0 Å². The zero-order valence-electron chi connectivity index (χ0n) is 13.5. The third-order valence-electron chi connectivity index (χ3n) is 2.49. The van der Waals surface area contributed by atoms with Crippen LogP contribution in [0.25, 0.3) is 0 Å². The second-order valence-electron chi connectivity index (χ2n) is 5.56. The van der Waals surface area contributed by atoms with Crippen LogP contribution in [0.5, 0.6) is 0 Å². The lowest BCUT2D eigenvalue weighted by Gasteiger charge is -2.28. The monoisotopic (exact) mass is 305 g/mol. The summed E-state index contributed by atoms with van der Waals surface area (Å²) in [6, 6.07) is 6.71.